The molecule has 1 saturated carbocycles. The minimum atomic E-state index is -1.56. The van der Waals surface area contributed by atoms with E-state index in [0.717, 1.165) is 11.8 Å². The molecule has 0 aromatic carbocycles. The van der Waals surface area contributed by atoms with Gasteiger partial charge in [-0.05, 0) is 42.8 Å². The summed E-state index contributed by atoms with van der Waals surface area (Å²) in [6.07, 6.45) is 5.90. The van der Waals surface area contributed by atoms with E-state index in [0.29, 0.717) is 11.1 Å². The van der Waals surface area contributed by atoms with Crippen LogP contribution < -0.4 is 0 Å². The van der Waals surface area contributed by atoms with E-state index in [9.17, 15) is 0 Å². The first-order valence-electron chi connectivity index (χ1n) is 7.31. The molecular weight excluding hydrogens is 224 g/mol. The molecule has 0 radical (unpaired) electrons. The molecular formula is C15H32OSi. The van der Waals surface area contributed by atoms with Crippen molar-refractivity contribution in [3.05, 3.63) is 0 Å². The van der Waals surface area contributed by atoms with Crippen LogP contribution in [0.4, 0.5) is 0 Å². The van der Waals surface area contributed by atoms with Crippen LogP contribution in [0.1, 0.15) is 60.3 Å². The Kier molecular flexibility index (Phi) is 4.87. The van der Waals surface area contributed by atoms with Crippen LogP contribution in [0.3, 0.4) is 0 Å². The van der Waals surface area contributed by atoms with Gasteiger partial charge >= 0.3 is 0 Å². The van der Waals surface area contributed by atoms with Gasteiger partial charge in [0.15, 0.2) is 8.32 Å². The van der Waals surface area contributed by atoms with E-state index in [1.165, 1.54) is 25.7 Å². The summed E-state index contributed by atoms with van der Waals surface area (Å²) in [4.78, 5) is 0. The fourth-order valence-corrected chi connectivity index (χ4v) is 3.89. The van der Waals surface area contributed by atoms with Crippen LogP contribution in [0.2, 0.25) is 18.1 Å². The lowest BCUT2D eigenvalue weighted by Crippen LogP contribution is -2.45. The highest BCUT2D eigenvalue weighted by molar-refractivity contribution is 6.74. The van der Waals surface area contributed by atoms with Gasteiger partial charge in [0, 0.05) is 6.10 Å². The highest BCUT2D eigenvalue weighted by Gasteiger charge is 2.40. The monoisotopic (exact) mass is 256 g/mol. The summed E-state index contributed by atoms with van der Waals surface area (Å²) >= 11 is 0. The van der Waals surface area contributed by atoms with Crippen molar-refractivity contribution < 1.29 is 4.43 Å². The molecule has 0 saturated heterocycles. The third-order valence-electron chi connectivity index (χ3n) is 4.88. The molecule has 2 unspecified atom stereocenters. The fourth-order valence-electron chi connectivity index (χ4n) is 2.49. The highest BCUT2D eigenvalue weighted by atomic mass is 28.4. The second kappa shape index (κ2) is 5.44. The van der Waals surface area contributed by atoms with E-state index in [1.54, 1.807) is 0 Å². The molecule has 0 amide bonds. The quantitative estimate of drug-likeness (QED) is 0.629. The third-order valence-corrected chi connectivity index (χ3v) is 9.41. The van der Waals surface area contributed by atoms with Crippen LogP contribution in [0.25, 0.3) is 0 Å². The van der Waals surface area contributed by atoms with Gasteiger partial charge < -0.3 is 4.43 Å². The normalized spacial score (nSPS) is 27.5. The average molecular weight is 257 g/mol. The van der Waals surface area contributed by atoms with Crippen molar-refractivity contribution in [3.63, 3.8) is 0 Å². The second-order valence-corrected chi connectivity index (χ2v) is 12.4. The topological polar surface area (TPSA) is 9.23 Å². The molecule has 1 fully saturated rings. The van der Waals surface area contributed by atoms with Crippen molar-refractivity contribution in [1.82, 2.24) is 0 Å². The molecule has 1 rings (SSSR count). The van der Waals surface area contributed by atoms with E-state index in [1.807, 2.05) is 0 Å². The highest BCUT2D eigenvalue weighted by Crippen LogP contribution is 2.40. The number of rotatable bonds is 3. The molecule has 2 heteroatoms. The summed E-state index contributed by atoms with van der Waals surface area (Å²) in [5.41, 5.74) is 0. The van der Waals surface area contributed by atoms with E-state index in [-0.39, 0.29) is 0 Å². The van der Waals surface area contributed by atoms with Crippen LogP contribution in [-0.2, 0) is 4.43 Å². The molecule has 2 atom stereocenters. The van der Waals surface area contributed by atoms with Crippen LogP contribution in [0.5, 0.6) is 0 Å². The SMILES string of the molecule is CC(C)C1CCCC(O[Si](C)(C)C(C)(C)C)C1. The lowest BCUT2D eigenvalue weighted by Gasteiger charge is -2.42. The van der Waals surface area contributed by atoms with E-state index < -0.39 is 8.32 Å². The van der Waals surface area contributed by atoms with Gasteiger partial charge in [0.05, 0.1) is 0 Å². The van der Waals surface area contributed by atoms with Crippen molar-refractivity contribution in [1.29, 1.82) is 0 Å². The zero-order valence-electron chi connectivity index (χ0n) is 13.0. The van der Waals surface area contributed by atoms with Crippen molar-refractivity contribution in [2.75, 3.05) is 0 Å². The Morgan fingerprint density at radius 3 is 2.18 bits per heavy atom. The van der Waals surface area contributed by atoms with Crippen LogP contribution in [0, 0.1) is 11.8 Å². The van der Waals surface area contributed by atoms with E-state index in [4.69, 9.17) is 4.43 Å². The largest absolute Gasteiger partial charge is 0.414 e. The van der Waals surface area contributed by atoms with Gasteiger partial charge in [-0.25, -0.2) is 0 Å². The lowest BCUT2D eigenvalue weighted by atomic mass is 9.80. The zero-order chi connectivity index (χ0) is 13.3. The van der Waals surface area contributed by atoms with Crippen molar-refractivity contribution in [2.24, 2.45) is 11.8 Å². The standard InChI is InChI=1S/C15H32OSi/c1-12(2)13-9-8-10-14(11-13)16-17(6,7)15(3,4)5/h12-14H,8-11H2,1-7H3. The zero-order valence-corrected chi connectivity index (χ0v) is 14.0. The summed E-state index contributed by atoms with van der Waals surface area (Å²) in [5.74, 6) is 1.71. The van der Waals surface area contributed by atoms with Crippen LogP contribution in [0.15, 0.2) is 0 Å². The number of hydrogen-bond donors (Lipinski definition) is 0. The Hall–Kier alpha value is 0.177. The van der Waals surface area contributed by atoms with Gasteiger partial charge in [-0.1, -0.05) is 47.5 Å². The molecule has 0 aromatic heterocycles. The Morgan fingerprint density at radius 2 is 1.71 bits per heavy atom. The Morgan fingerprint density at radius 1 is 1.12 bits per heavy atom. The molecule has 1 aliphatic rings. The maximum atomic E-state index is 6.56. The first-order chi connectivity index (χ1) is 7.63. The summed E-state index contributed by atoms with van der Waals surface area (Å²) < 4.78 is 6.56. The van der Waals surface area contributed by atoms with Gasteiger partial charge in [0.1, 0.15) is 0 Å². The molecule has 17 heavy (non-hydrogen) atoms. The number of hydrogen-bond acceptors (Lipinski definition) is 1. The maximum absolute atomic E-state index is 6.56. The summed E-state index contributed by atoms with van der Waals surface area (Å²) in [7, 11) is -1.56. The van der Waals surface area contributed by atoms with Gasteiger partial charge in [0.25, 0.3) is 0 Å². The van der Waals surface area contributed by atoms with Gasteiger partial charge in [-0.15, -0.1) is 0 Å². The smallest absolute Gasteiger partial charge is 0.192 e. The Labute approximate surface area is 109 Å². The summed E-state index contributed by atoms with van der Waals surface area (Å²) in [6, 6.07) is 0. The molecule has 0 aromatic rings. The van der Waals surface area contributed by atoms with Gasteiger partial charge in [-0.3, -0.25) is 0 Å². The van der Waals surface area contributed by atoms with E-state index >= 15 is 0 Å². The predicted molar refractivity (Wildman–Crippen MR) is 78.9 cm³/mol. The molecule has 0 spiro atoms. The van der Waals surface area contributed by atoms with Gasteiger partial charge in [0.2, 0.25) is 0 Å². The van der Waals surface area contributed by atoms with Crippen LogP contribution >= 0.6 is 0 Å². The molecule has 0 aliphatic heterocycles. The van der Waals surface area contributed by atoms with Gasteiger partial charge in [-0.2, -0.15) is 0 Å². The minimum absolute atomic E-state index is 0.345. The molecule has 1 aliphatic carbocycles. The molecule has 0 bridgehead atoms. The summed E-state index contributed by atoms with van der Waals surface area (Å²) in [6.45, 7) is 16.5. The van der Waals surface area contributed by atoms with Crippen molar-refractivity contribution in [3.8, 4) is 0 Å². The third kappa shape index (κ3) is 4.10. The fraction of sp³-hybridized carbons (Fsp3) is 1.00. The lowest BCUT2D eigenvalue weighted by molar-refractivity contribution is 0.0935. The van der Waals surface area contributed by atoms with Crippen LogP contribution in [-0.4, -0.2) is 14.4 Å². The predicted octanol–water partition coefficient (Wildman–Crippen LogP) is 5.22. The second-order valence-electron chi connectivity index (χ2n) is 7.67. The maximum Gasteiger partial charge on any atom is 0.192 e. The van der Waals surface area contributed by atoms with E-state index in [2.05, 4.69) is 47.7 Å². The first kappa shape index (κ1) is 15.2. The Bertz CT molecular complexity index is 240. The molecule has 1 nitrogen and oxygen atoms in total. The Balaban J connectivity index is 2.57. The molecule has 0 N–H and O–H groups in total. The van der Waals surface area contributed by atoms with Crippen molar-refractivity contribution in [2.45, 2.75) is 84.5 Å². The van der Waals surface area contributed by atoms with Crippen molar-refractivity contribution >= 4 is 8.32 Å². The molecule has 0 heterocycles. The summed E-state index contributed by atoms with van der Waals surface area (Å²) in [5, 5.41) is 0.345. The minimum Gasteiger partial charge on any atom is -0.414 e. The molecule has 102 valence electrons. The first-order valence-corrected chi connectivity index (χ1v) is 10.2. The average Bonchev–Trinajstić information content (AvgIpc) is 2.15.